The van der Waals surface area contributed by atoms with E-state index in [1.807, 2.05) is 0 Å². The van der Waals surface area contributed by atoms with E-state index in [-0.39, 0.29) is 19.4 Å². The molecule has 320 valence electrons. The first-order valence-corrected chi connectivity index (χ1v) is 23.1. The van der Waals surface area contributed by atoms with Crippen molar-refractivity contribution in [3.8, 4) is 0 Å². The quantitative estimate of drug-likeness (QED) is 0.0237. The smallest absolute Gasteiger partial charge is 0.462 e. The molecule has 0 aliphatic rings. The number of ether oxygens (including phenoxy) is 2. The van der Waals surface area contributed by atoms with E-state index in [0.717, 1.165) is 77.0 Å². The molecule has 0 rings (SSSR count). The maximum atomic E-state index is 12.6. The molecule has 3 atom stereocenters. The van der Waals surface area contributed by atoms with Crippen molar-refractivity contribution in [2.45, 2.75) is 193 Å². The third kappa shape index (κ3) is 39.9. The highest BCUT2D eigenvalue weighted by Crippen LogP contribution is 2.43. The molecule has 11 heteroatoms. The zero-order chi connectivity index (χ0) is 40.5. The Kier molecular flexibility index (Phi) is 38.6. The van der Waals surface area contributed by atoms with Gasteiger partial charge in [-0.15, -0.1) is 0 Å². The molecule has 0 heterocycles. The van der Waals surface area contributed by atoms with Crippen LogP contribution in [0.5, 0.6) is 0 Å². The molecule has 0 fully saturated rings. The predicted octanol–water partition coefficient (Wildman–Crippen LogP) is 11.3. The minimum Gasteiger partial charge on any atom is -0.462 e. The van der Waals surface area contributed by atoms with Gasteiger partial charge in [0.1, 0.15) is 12.7 Å². The van der Waals surface area contributed by atoms with Crippen LogP contribution in [0, 0.1) is 0 Å². The van der Waals surface area contributed by atoms with Gasteiger partial charge in [-0.05, 0) is 70.6 Å². The molecule has 0 aliphatic carbocycles. The second-order valence-corrected chi connectivity index (χ2v) is 15.8. The van der Waals surface area contributed by atoms with Crippen molar-refractivity contribution >= 4 is 19.8 Å². The van der Waals surface area contributed by atoms with Crippen molar-refractivity contribution in [3.05, 3.63) is 48.6 Å². The molecule has 0 aromatic rings. The average Bonchev–Trinajstić information content (AvgIpc) is 3.17. The van der Waals surface area contributed by atoms with Crippen LogP contribution in [0.15, 0.2) is 48.6 Å². The fraction of sp³-hybridized carbons (Fsp3) is 0.773. The van der Waals surface area contributed by atoms with Crippen molar-refractivity contribution in [1.29, 1.82) is 0 Å². The standard InChI is InChI=1S/C44H79O10P/c1-3-5-7-9-11-13-15-17-18-19-20-21-22-24-26-28-30-32-34-36-44(48)54-42(40-53-55(49,50)52-38-41(46)37-45)39-51-43(47)35-33-31-29-27-25-23-16-14-12-10-8-6-4-2/h8,10-11,13-14,16-18,41-42,45-46H,3-7,9,12,15,19-40H2,1-2H3,(H,49,50)/b10-8-,13-11-,16-14-,18-17-. The molecular formula is C44H79O10P. The molecule has 10 nitrogen and oxygen atoms in total. The Morgan fingerprint density at radius 1 is 0.545 bits per heavy atom. The van der Waals surface area contributed by atoms with E-state index in [1.165, 1.54) is 64.2 Å². The number of carbonyl (C=O) groups excluding carboxylic acids is 2. The molecule has 0 saturated heterocycles. The van der Waals surface area contributed by atoms with E-state index >= 15 is 0 Å². The SMILES string of the molecule is CCC/C=C\C/C=C\CCCCCCCC(=O)OCC(COP(=O)(O)OCC(O)CO)OC(=O)CCCCCCCCCCC/C=C\C/C=C\CCCCC. The highest BCUT2D eigenvalue weighted by atomic mass is 31.2. The lowest BCUT2D eigenvalue weighted by molar-refractivity contribution is -0.161. The largest absolute Gasteiger partial charge is 0.472 e. The Labute approximate surface area is 334 Å². The molecule has 0 aromatic heterocycles. The summed E-state index contributed by atoms with van der Waals surface area (Å²) in [5.74, 6) is -0.947. The summed E-state index contributed by atoms with van der Waals surface area (Å²) >= 11 is 0. The number of unbranched alkanes of at least 4 members (excludes halogenated alkanes) is 18. The van der Waals surface area contributed by atoms with Gasteiger partial charge in [-0.2, -0.15) is 0 Å². The number of aliphatic hydroxyl groups is 2. The number of allylic oxidation sites excluding steroid dienone is 8. The number of carbonyl (C=O) groups is 2. The van der Waals surface area contributed by atoms with Crippen LogP contribution in [0.3, 0.4) is 0 Å². The number of hydrogen-bond donors (Lipinski definition) is 3. The zero-order valence-electron chi connectivity index (χ0n) is 34.6. The maximum absolute atomic E-state index is 12.6. The fourth-order valence-electron chi connectivity index (χ4n) is 5.59. The highest BCUT2D eigenvalue weighted by Gasteiger charge is 2.27. The topological polar surface area (TPSA) is 149 Å². The number of aliphatic hydroxyl groups excluding tert-OH is 2. The van der Waals surface area contributed by atoms with Crippen molar-refractivity contribution in [3.63, 3.8) is 0 Å². The molecule has 0 spiro atoms. The van der Waals surface area contributed by atoms with Gasteiger partial charge in [0, 0.05) is 12.8 Å². The van der Waals surface area contributed by atoms with Crippen LogP contribution in [0.25, 0.3) is 0 Å². The van der Waals surface area contributed by atoms with Crippen LogP contribution in [-0.4, -0.2) is 65.7 Å². The average molecular weight is 799 g/mol. The lowest BCUT2D eigenvalue weighted by Gasteiger charge is -2.20. The van der Waals surface area contributed by atoms with E-state index in [9.17, 15) is 24.2 Å². The second kappa shape index (κ2) is 40.1. The zero-order valence-corrected chi connectivity index (χ0v) is 35.5. The van der Waals surface area contributed by atoms with Crippen LogP contribution in [0.2, 0.25) is 0 Å². The lowest BCUT2D eigenvalue weighted by Crippen LogP contribution is -2.29. The van der Waals surface area contributed by atoms with Gasteiger partial charge in [0.15, 0.2) is 6.10 Å². The lowest BCUT2D eigenvalue weighted by atomic mass is 10.1. The van der Waals surface area contributed by atoms with Crippen LogP contribution < -0.4 is 0 Å². The van der Waals surface area contributed by atoms with Crippen LogP contribution >= 0.6 is 7.82 Å². The van der Waals surface area contributed by atoms with E-state index in [0.29, 0.717) is 12.8 Å². The predicted molar refractivity (Wildman–Crippen MR) is 224 cm³/mol. The first-order valence-electron chi connectivity index (χ1n) is 21.6. The third-order valence-corrected chi connectivity index (χ3v) is 9.89. The van der Waals surface area contributed by atoms with E-state index in [2.05, 4.69) is 67.0 Å². The summed E-state index contributed by atoms with van der Waals surface area (Å²) < 4.78 is 32.7. The summed E-state index contributed by atoms with van der Waals surface area (Å²) in [6.07, 6.45) is 42.1. The molecular weight excluding hydrogens is 719 g/mol. The monoisotopic (exact) mass is 799 g/mol. The Morgan fingerprint density at radius 2 is 0.982 bits per heavy atom. The molecule has 0 aliphatic heterocycles. The van der Waals surface area contributed by atoms with E-state index in [1.54, 1.807) is 0 Å². The van der Waals surface area contributed by atoms with Gasteiger partial charge < -0.3 is 24.6 Å². The van der Waals surface area contributed by atoms with Crippen molar-refractivity contribution < 1.29 is 47.8 Å². The van der Waals surface area contributed by atoms with Crippen LogP contribution in [-0.2, 0) is 32.7 Å². The number of rotatable bonds is 40. The molecule has 3 unspecified atom stereocenters. The van der Waals surface area contributed by atoms with E-state index < -0.39 is 51.8 Å². The molecule has 0 bridgehead atoms. The Balaban J connectivity index is 4.30. The first kappa shape index (κ1) is 52.9. The molecule has 0 aromatic carbocycles. The summed E-state index contributed by atoms with van der Waals surface area (Å²) in [6.45, 7) is 2.27. The normalized spacial score (nSPS) is 14.3. The molecule has 0 saturated carbocycles. The maximum Gasteiger partial charge on any atom is 0.472 e. The first-order chi connectivity index (χ1) is 26.7. The van der Waals surface area contributed by atoms with Gasteiger partial charge in [-0.3, -0.25) is 18.6 Å². The molecule has 55 heavy (non-hydrogen) atoms. The fourth-order valence-corrected chi connectivity index (χ4v) is 6.38. The Morgan fingerprint density at radius 3 is 1.47 bits per heavy atom. The van der Waals surface area contributed by atoms with Crippen LogP contribution in [0.1, 0.15) is 181 Å². The molecule has 0 amide bonds. The number of phosphoric ester groups is 1. The van der Waals surface area contributed by atoms with Gasteiger partial charge in [-0.25, -0.2) is 4.57 Å². The minimum atomic E-state index is -4.62. The van der Waals surface area contributed by atoms with Gasteiger partial charge in [0.05, 0.1) is 19.8 Å². The van der Waals surface area contributed by atoms with Gasteiger partial charge >= 0.3 is 19.8 Å². The molecule has 0 radical (unpaired) electrons. The second-order valence-electron chi connectivity index (χ2n) is 14.4. The summed E-state index contributed by atoms with van der Waals surface area (Å²) in [7, 11) is -4.62. The summed E-state index contributed by atoms with van der Waals surface area (Å²) in [6, 6.07) is 0. The Hall–Kier alpha value is -2.07. The number of hydrogen-bond acceptors (Lipinski definition) is 9. The van der Waals surface area contributed by atoms with E-state index in [4.69, 9.17) is 19.1 Å². The summed E-state index contributed by atoms with van der Waals surface area (Å²) in [4.78, 5) is 35.0. The number of phosphoric acid groups is 1. The van der Waals surface area contributed by atoms with Crippen LogP contribution in [0.4, 0.5) is 0 Å². The highest BCUT2D eigenvalue weighted by molar-refractivity contribution is 7.47. The van der Waals surface area contributed by atoms with Crippen molar-refractivity contribution in [2.24, 2.45) is 0 Å². The van der Waals surface area contributed by atoms with Crippen molar-refractivity contribution in [1.82, 2.24) is 0 Å². The van der Waals surface area contributed by atoms with Crippen molar-refractivity contribution in [2.75, 3.05) is 26.4 Å². The van der Waals surface area contributed by atoms with Gasteiger partial charge in [0.25, 0.3) is 0 Å². The summed E-state index contributed by atoms with van der Waals surface area (Å²) in [5.41, 5.74) is 0. The van der Waals surface area contributed by atoms with Gasteiger partial charge in [-0.1, -0.05) is 146 Å². The number of esters is 2. The third-order valence-electron chi connectivity index (χ3n) is 8.94. The minimum absolute atomic E-state index is 0.175. The van der Waals surface area contributed by atoms with Gasteiger partial charge in [0.2, 0.25) is 0 Å². The Bertz CT molecular complexity index is 1060. The molecule has 3 N–H and O–H groups in total. The summed E-state index contributed by atoms with van der Waals surface area (Å²) in [5, 5.41) is 18.3.